The van der Waals surface area contributed by atoms with Crippen molar-refractivity contribution in [3.05, 3.63) is 48.3 Å². The second kappa shape index (κ2) is 8.31. The number of hydrogen-bond donors (Lipinski definition) is 1. The maximum atomic E-state index is 13.1. The maximum absolute atomic E-state index is 13.1. The molecule has 164 valence electrons. The summed E-state index contributed by atoms with van der Waals surface area (Å²) < 4.78 is 36.1. The fourth-order valence-electron chi connectivity index (χ4n) is 3.45. The van der Waals surface area contributed by atoms with Crippen LogP contribution in [0.4, 0.5) is 5.95 Å². The summed E-state index contributed by atoms with van der Waals surface area (Å²) in [5, 5.41) is 7.69. The minimum Gasteiger partial charge on any atom is -0.382 e. The van der Waals surface area contributed by atoms with Gasteiger partial charge in [0.05, 0.1) is 17.4 Å². The Kier molecular flexibility index (Phi) is 5.71. The number of anilines is 1. The standard InChI is InChI=1S/C20H25N7O3S/c1-14-10-22-17(23-11-14)9-15(2)31(28,29)26-19-25-24-18(16-5-4-8-21-12-16)27(19)20(6-7-20)13-30-3/h4-5,8,10-12,15H,6-7,9,13H2,1-3H3,(H,25,26)/t15-/m0/s1. The molecule has 0 saturated heterocycles. The van der Waals surface area contributed by atoms with Gasteiger partial charge in [-0.1, -0.05) is 0 Å². The van der Waals surface area contributed by atoms with Gasteiger partial charge in [0.1, 0.15) is 5.82 Å². The first-order chi connectivity index (χ1) is 14.8. The fourth-order valence-corrected chi connectivity index (χ4v) is 4.40. The van der Waals surface area contributed by atoms with Crippen molar-refractivity contribution in [2.45, 2.75) is 43.9 Å². The van der Waals surface area contributed by atoms with Crippen molar-refractivity contribution >= 4 is 16.0 Å². The smallest absolute Gasteiger partial charge is 0.239 e. The van der Waals surface area contributed by atoms with Crippen molar-refractivity contribution in [2.24, 2.45) is 0 Å². The molecule has 0 bridgehead atoms. The summed E-state index contributed by atoms with van der Waals surface area (Å²) in [7, 11) is -2.14. The van der Waals surface area contributed by atoms with Gasteiger partial charge in [0.2, 0.25) is 16.0 Å². The van der Waals surface area contributed by atoms with E-state index in [0.29, 0.717) is 18.3 Å². The average Bonchev–Trinajstić information content (AvgIpc) is 3.41. The van der Waals surface area contributed by atoms with Crippen molar-refractivity contribution in [3.63, 3.8) is 0 Å². The second-order valence-electron chi connectivity index (χ2n) is 7.92. The van der Waals surface area contributed by atoms with Crippen molar-refractivity contribution in [1.29, 1.82) is 0 Å². The number of pyridine rings is 1. The second-order valence-corrected chi connectivity index (χ2v) is 10.0. The van der Waals surface area contributed by atoms with Crippen molar-refractivity contribution in [2.75, 3.05) is 18.4 Å². The zero-order valence-corrected chi connectivity index (χ0v) is 18.5. The predicted octanol–water partition coefficient (Wildman–Crippen LogP) is 1.95. The summed E-state index contributed by atoms with van der Waals surface area (Å²) in [5.41, 5.74) is 1.29. The van der Waals surface area contributed by atoms with Gasteiger partial charge in [-0.05, 0) is 44.4 Å². The summed E-state index contributed by atoms with van der Waals surface area (Å²) in [4.78, 5) is 12.6. The van der Waals surface area contributed by atoms with Gasteiger partial charge in [-0.15, -0.1) is 10.2 Å². The number of nitrogens with zero attached hydrogens (tertiary/aromatic N) is 6. The van der Waals surface area contributed by atoms with Gasteiger partial charge >= 0.3 is 0 Å². The zero-order valence-electron chi connectivity index (χ0n) is 17.7. The van der Waals surface area contributed by atoms with Crippen LogP contribution < -0.4 is 4.72 Å². The van der Waals surface area contributed by atoms with E-state index in [0.717, 1.165) is 24.0 Å². The third-order valence-electron chi connectivity index (χ3n) is 5.37. The minimum atomic E-state index is -3.77. The van der Waals surface area contributed by atoms with Crippen molar-refractivity contribution < 1.29 is 13.2 Å². The third kappa shape index (κ3) is 4.42. The van der Waals surface area contributed by atoms with Crippen LogP contribution in [0.15, 0.2) is 36.9 Å². The molecule has 1 aliphatic rings. The highest BCUT2D eigenvalue weighted by Crippen LogP contribution is 2.47. The zero-order chi connectivity index (χ0) is 22.1. The van der Waals surface area contributed by atoms with E-state index >= 15 is 0 Å². The highest BCUT2D eigenvalue weighted by Gasteiger charge is 2.48. The monoisotopic (exact) mass is 443 g/mol. The van der Waals surface area contributed by atoms with Crippen LogP contribution in [0.5, 0.6) is 0 Å². The molecule has 10 nitrogen and oxygen atoms in total. The lowest BCUT2D eigenvalue weighted by molar-refractivity contribution is 0.145. The Morgan fingerprint density at radius 2 is 1.97 bits per heavy atom. The van der Waals surface area contributed by atoms with Gasteiger partial charge in [-0.3, -0.25) is 14.3 Å². The van der Waals surface area contributed by atoms with E-state index in [4.69, 9.17) is 4.74 Å². The molecule has 3 aromatic rings. The molecule has 0 aromatic carbocycles. The molecule has 4 rings (SSSR count). The molecular weight excluding hydrogens is 418 g/mol. The maximum Gasteiger partial charge on any atom is 0.239 e. The highest BCUT2D eigenvalue weighted by atomic mass is 32.2. The van der Waals surface area contributed by atoms with Crippen LogP contribution in [-0.2, 0) is 26.7 Å². The lowest BCUT2D eigenvalue weighted by Gasteiger charge is -2.22. The van der Waals surface area contributed by atoms with Gasteiger partial charge in [-0.25, -0.2) is 18.4 Å². The van der Waals surface area contributed by atoms with E-state index in [1.807, 2.05) is 17.6 Å². The van der Waals surface area contributed by atoms with Gasteiger partial charge in [0.25, 0.3) is 0 Å². The lowest BCUT2D eigenvalue weighted by atomic mass is 10.2. The lowest BCUT2D eigenvalue weighted by Crippen LogP contribution is -2.32. The number of methoxy groups -OCH3 is 1. The third-order valence-corrected chi connectivity index (χ3v) is 7.06. The normalized spacial score (nSPS) is 16.1. The Morgan fingerprint density at radius 3 is 2.58 bits per heavy atom. The highest BCUT2D eigenvalue weighted by molar-refractivity contribution is 7.93. The Morgan fingerprint density at radius 1 is 1.23 bits per heavy atom. The first kappa shape index (κ1) is 21.3. The van der Waals surface area contributed by atoms with E-state index in [1.165, 1.54) is 0 Å². The number of aromatic nitrogens is 6. The Balaban J connectivity index is 1.64. The van der Waals surface area contributed by atoms with E-state index < -0.39 is 15.3 Å². The molecule has 1 atom stereocenters. The fraction of sp³-hybridized carbons (Fsp3) is 0.450. The average molecular weight is 444 g/mol. The molecule has 0 aliphatic heterocycles. The molecule has 1 aliphatic carbocycles. The summed E-state index contributed by atoms with van der Waals surface area (Å²) in [5.74, 6) is 1.19. The SMILES string of the molecule is COCC1(n2c(NS(=O)(=O)[C@@H](C)Cc3ncc(C)cn3)nnc2-c2cccnc2)CC1. The van der Waals surface area contributed by atoms with Gasteiger partial charge < -0.3 is 4.74 Å². The van der Waals surface area contributed by atoms with E-state index in [2.05, 4.69) is 29.9 Å². The minimum absolute atomic E-state index is 0.171. The van der Waals surface area contributed by atoms with Gasteiger partial charge in [-0.2, -0.15) is 0 Å². The quantitative estimate of drug-likeness (QED) is 0.532. The molecule has 1 N–H and O–H groups in total. The summed E-state index contributed by atoms with van der Waals surface area (Å²) >= 11 is 0. The molecule has 3 aromatic heterocycles. The molecule has 0 radical (unpaired) electrons. The van der Waals surface area contributed by atoms with Gasteiger partial charge in [0, 0.05) is 43.9 Å². The summed E-state index contributed by atoms with van der Waals surface area (Å²) in [6.45, 7) is 3.93. The number of hydrogen-bond acceptors (Lipinski definition) is 8. The largest absolute Gasteiger partial charge is 0.382 e. The van der Waals surface area contributed by atoms with Crippen molar-refractivity contribution in [1.82, 2.24) is 29.7 Å². The van der Waals surface area contributed by atoms with Crippen LogP contribution in [0.25, 0.3) is 11.4 Å². The van der Waals surface area contributed by atoms with Crippen LogP contribution in [0.1, 0.15) is 31.2 Å². The molecule has 0 spiro atoms. The Bertz CT molecular complexity index is 1140. The molecule has 1 fully saturated rings. The number of rotatable bonds is 9. The number of ether oxygens (including phenoxy) is 1. The topological polar surface area (TPSA) is 125 Å². The van der Waals surface area contributed by atoms with Crippen LogP contribution >= 0.6 is 0 Å². The predicted molar refractivity (Wildman–Crippen MR) is 115 cm³/mol. The molecule has 31 heavy (non-hydrogen) atoms. The first-order valence-corrected chi connectivity index (χ1v) is 11.5. The van der Waals surface area contributed by atoms with Crippen LogP contribution in [0, 0.1) is 6.92 Å². The Labute approximate surface area is 181 Å². The molecule has 11 heteroatoms. The van der Waals surface area contributed by atoms with Crippen LogP contribution in [0.2, 0.25) is 0 Å². The van der Waals surface area contributed by atoms with Crippen LogP contribution in [-0.4, -0.2) is 57.1 Å². The van der Waals surface area contributed by atoms with Crippen molar-refractivity contribution in [3.8, 4) is 11.4 Å². The number of aryl methyl sites for hydroxylation is 1. The molecule has 0 amide bonds. The molecular formula is C20H25N7O3S. The number of sulfonamides is 1. The first-order valence-electron chi connectivity index (χ1n) is 9.99. The van der Waals surface area contributed by atoms with Crippen LogP contribution in [0.3, 0.4) is 0 Å². The van der Waals surface area contributed by atoms with E-state index in [-0.39, 0.29) is 17.9 Å². The summed E-state index contributed by atoms with van der Waals surface area (Å²) in [6, 6.07) is 3.67. The summed E-state index contributed by atoms with van der Waals surface area (Å²) in [6.07, 6.45) is 8.56. The van der Waals surface area contributed by atoms with Gasteiger partial charge in [0.15, 0.2) is 5.82 Å². The Hall–Kier alpha value is -2.92. The molecule has 3 heterocycles. The molecule has 0 unspecified atom stereocenters. The van der Waals surface area contributed by atoms with E-state index in [9.17, 15) is 8.42 Å². The number of nitrogens with one attached hydrogen (secondary N) is 1. The van der Waals surface area contributed by atoms with E-state index in [1.54, 1.807) is 44.9 Å². The molecule has 1 saturated carbocycles.